The normalized spacial score (nSPS) is 14.1. The predicted molar refractivity (Wildman–Crippen MR) is 81.2 cm³/mol. The molecule has 0 aliphatic rings. The molecule has 2 unspecified atom stereocenters. The number of benzene rings is 1. The van der Waals surface area contributed by atoms with Crippen LogP contribution in [0.4, 0.5) is 0 Å². The molecule has 108 valence electrons. The van der Waals surface area contributed by atoms with E-state index in [9.17, 15) is 0 Å². The maximum atomic E-state index is 5.21. The molecule has 2 aromatic rings. The van der Waals surface area contributed by atoms with E-state index in [1.807, 2.05) is 32.4 Å². The van der Waals surface area contributed by atoms with E-state index in [0.29, 0.717) is 0 Å². The Kier molecular flexibility index (Phi) is 4.45. The van der Waals surface area contributed by atoms with Gasteiger partial charge >= 0.3 is 0 Å². The molecule has 0 aliphatic heterocycles. The van der Waals surface area contributed by atoms with Crippen LogP contribution in [0, 0.1) is 13.8 Å². The van der Waals surface area contributed by atoms with Crippen LogP contribution in [0.2, 0.25) is 0 Å². The molecule has 0 spiro atoms. The number of aryl methyl sites for hydroxylation is 1. The van der Waals surface area contributed by atoms with Gasteiger partial charge in [-0.2, -0.15) is 0 Å². The van der Waals surface area contributed by atoms with Gasteiger partial charge in [0.1, 0.15) is 5.75 Å². The van der Waals surface area contributed by atoms with Gasteiger partial charge < -0.3 is 14.6 Å². The number of nitrogens with one attached hydrogen (secondary N) is 1. The number of imidazole rings is 1. The Morgan fingerprint density at radius 2 is 1.85 bits per heavy atom. The first-order valence-electron chi connectivity index (χ1n) is 6.89. The third-order valence-corrected chi connectivity index (χ3v) is 3.99. The molecule has 2 atom stereocenters. The Morgan fingerprint density at radius 1 is 1.20 bits per heavy atom. The van der Waals surface area contributed by atoms with E-state index in [1.165, 1.54) is 11.3 Å². The second-order valence-electron chi connectivity index (χ2n) is 5.10. The summed E-state index contributed by atoms with van der Waals surface area (Å²) in [5.41, 5.74) is 3.54. The van der Waals surface area contributed by atoms with E-state index in [-0.39, 0.29) is 12.1 Å². The molecule has 0 saturated heterocycles. The molecule has 1 aromatic heterocycles. The Hall–Kier alpha value is -1.81. The van der Waals surface area contributed by atoms with Gasteiger partial charge in [-0.3, -0.25) is 0 Å². The van der Waals surface area contributed by atoms with Gasteiger partial charge in [-0.05, 0) is 45.5 Å². The summed E-state index contributed by atoms with van der Waals surface area (Å²) in [7, 11) is 3.68. The second kappa shape index (κ2) is 6.09. The number of aromatic nitrogens is 2. The Bertz CT molecular complexity index is 560. The van der Waals surface area contributed by atoms with E-state index >= 15 is 0 Å². The van der Waals surface area contributed by atoms with Gasteiger partial charge in [-0.15, -0.1) is 0 Å². The molecule has 1 aromatic carbocycles. The predicted octanol–water partition coefficient (Wildman–Crippen LogP) is 3.03. The molecule has 0 fully saturated rings. The minimum absolute atomic E-state index is 0.230. The van der Waals surface area contributed by atoms with E-state index in [0.717, 1.165) is 11.4 Å². The maximum absolute atomic E-state index is 5.21. The van der Waals surface area contributed by atoms with Gasteiger partial charge in [0.05, 0.1) is 31.2 Å². The van der Waals surface area contributed by atoms with Crippen LogP contribution in [0.5, 0.6) is 5.75 Å². The molecular formula is C16H23N3O. The van der Waals surface area contributed by atoms with Crippen molar-refractivity contribution in [1.29, 1.82) is 0 Å². The zero-order valence-corrected chi connectivity index (χ0v) is 12.8. The lowest BCUT2D eigenvalue weighted by Crippen LogP contribution is -2.26. The smallest absolute Gasteiger partial charge is 0.118 e. The van der Waals surface area contributed by atoms with E-state index in [4.69, 9.17) is 4.74 Å². The monoisotopic (exact) mass is 273 g/mol. The van der Waals surface area contributed by atoms with Crippen molar-refractivity contribution in [2.75, 3.05) is 14.2 Å². The van der Waals surface area contributed by atoms with Crippen LogP contribution in [-0.4, -0.2) is 23.7 Å². The Labute approximate surface area is 120 Å². The van der Waals surface area contributed by atoms with Crippen LogP contribution >= 0.6 is 0 Å². The summed E-state index contributed by atoms with van der Waals surface area (Å²) >= 11 is 0. The number of rotatable bonds is 5. The molecule has 4 nitrogen and oxygen atoms in total. The van der Waals surface area contributed by atoms with Crippen molar-refractivity contribution in [3.05, 3.63) is 47.5 Å². The lowest BCUT2D eigenvalue weighted by Gasteiger charge is -2.26. The fourth-order valence-corrected chi connectivity index (χ4v) is 2.58. The summed E-state index contributed by atoms with van der Waals surface area (Å²) < 4.78 is 7.44. The van der Waals surface area contributed by atoms with Crippen LogP contribution in [0.15, 0.2) is 30.6 Å². The highest BCUT2D eigenvalue weighted by Crippen LogP contribution is 2.28. The number of likely N-dealkylation sites (N-methyl/N-ethyl adjacent to an activating group) is 1. The summed E-state index contributed by atoms with van der Waals surface area (Å²) in [4.78, 5) is 4.39. The minimum atomic E-state index is 0.230. The fourth-order valence-electron chi connectivity index (χ4n) is 2.58. The Balaban J connectivity index is 2.28. The first kappa shape index (κ1) is 14.6. The zero-order valence-electron chi connectivity index (χ0n) is 12.8. The largest absolute Gasteiger partial charge is 0.497 e. The number of ether oxygens (including phenoxy) is 1. The van der Waals surface area contributed by atoms with Crippen LogP contribution in [0.1, 0.15) is 36.0 Å². The molecule has 4 heteroatoms. The molecule has 0 amide bonds. The van der Waals surface area contributed by atoms with Crippen molar-refractivity contribution in [3.63, 3.8) is 0 Å². The average Bonchev–Trinajstić information content (AvgIpc) is 2.80. The molecule has 20 heavy (non-hydrogen) atoms. The Morgan fingerprint density at radius 3 is 2.30 bits per heavy atom. The van der Waals surface area contributed by atoms with E-state index in [1.54, 1.807) is 7.11 Å². The first-order chi connectivity index (χ1) is 9.58. The topological polar surface area (TPSA) is 39.1 Å². The molecule has 1 heterocycles. The number of nitrogens with zero attached hydrogens (tertiary/aromatic N) is 2. The molecule has 0 aliphatic carbocycles. The number of hydrogen-bond donors (Lipinski definition) is 1. The van der Waals surface area contributed by atoms with Crippen molar-refractivity contribution in [3.8, 4) is 5.75 Å². The lowest BCUT2D eigenvalue weighted by molar-refractivity contribution is 0.393. The third-order valence-electron chi connectivity index (χ3n) is 3.99. The number of methoxy groups -OCH3 is 1. The van der Waals surface area contributed by atoms with Crippen LogP contribution in [-0.2, 0) is 0 Å². The lowest BCUT2D eigenvalue weighted by atomic mass is 10.00. The molecule has 1 N–H and O–H groups in total. The van der Waals surface area contributed by atoms with Crippen LogP contribution in [0.3, 0.4) is 0 Å². The van der Waals surface area contributed by atoms with Crippen molar-refractivity contribution >= 4 is 0 Å². The zero-order chi connectivity index (χ0) is 14.7. The quantitative estimate of drug-likeness (QED) is 0.910. The fraction of sp³-hybridized carbons (Fsp3) is 0.438. The van der Waals surface area contributed by atoms with Crippen molar-refractivity contribution < 1.29 is 4.74 Å². The third kappa shape index (κ3) is 2.70. The van der Waals surface area contributed by atoms with Crippen LogP contribution in [0.25, 0.3) is 0 Å². The van der Waals surface area contributed by atoms with Crippen LogP contribution < -0.4 is 10.1 Å². The highest BCUT2D eigenvalue weighted by molar-refractivity contribution is 5.30. The van der Waals surface area contributed by atoms with Gasteiger partial charge in [-0.25, -0.2) is 4.98 Å². The van der Waals surface area contributed by atoms with Gasteiger partial charge in [0.25, 0.3) is 0 Å². The average molecular weight is 273 g/mol. The maximum Gasteiger partial charge on any atom is 0.118 e. The van der Waals surface area contributed by atoms with Crippen molar-refractivity contribution in [2.24, 2.45) is 0 Å². The standard InChI is InChI=1S/C16H23N3O/c1-11-12(2)19(10-18-11)13(3)16(17-4)14-6-8-15(20-5)9-7-14/h6-10,13,16-17H,1-5H3. The molecule has 0 saturated carbocycles. The summed E-state index contributed by atoms with van der Waals surface area (Å²) in [6.07, 6.45) is 1.92. The molecular weight excluding hydrogens is 250 g/mol. The van der Waals surface area contributed by atoms with E-state index < -0.39 is 0 Å². The molecule has 0 radical (unpaired) electrons. The summed E-state index contributed by atoms with van der Waals surface area (Å²) in [6, 6.07) is 8.73. The van der Waals surface area contributed by atoms with Gasteiger partial charge in [0.15, 0.2) is 0 Å². The highest BCUT2D eigenvalue weighted by Gasteiger charge is 2.20. The molecule has 2 rings (SSSR count). The summed E-state index contributed by atoms with van der Waals surface area (Å²) in [5, 5.41) is 3.40. The van der Waals surface area contributed by atoms with E-state index in [2.05, 4.69) is 40.8 Å². The first-order valence-corrected chi connectivity index (χ1v) is 6.89. The van der Waals surface area contributed by atoms with Crippen molar-refractivity contribution in [1.82, 2.24) is 14.9 Å². The molecule has 0 bridgehead atoms. The van der Waals surface area contributed by atoms with Gasteiger partial charge in [0.2, 0.25) is 0 Å². The van der Waals surface area contributed by atoms with Gasteiger partial charge in [-0.1, -0.05) is 12.1 Å². The highest BCUT2D eigenvalue weighted by atomic mass is 16.5. The van der Waals surface area contributed by atoms with Crippen molar-refractivity contribution in [2.45, 2.75) is 32.9 Å². The second-order valence-corrected chi connectivity index (χ2v) is 5.10. The van der Waals surface area contributed by atoms with Gasteiger partial charge in [0, 0.05) is 5.69 Å². The SMILES string of the molecule is CNC(c1ccc(OC)cc1)C(C)n1cnc(C)c1C. The summed E-state index contributed by atoms with van der Waals surface area (Å²) in [5.74, 6) is 0.880. The number of hydrogen-bond acceptors (Lipinski definition) is 3. The minimum Gasteiger partial charge on any atom is -0.497 e. The summed E-state index contributed by atoms with van der Waals surface area (Å²) in [6.45, 7) is 6.36.